The summed E-state index contributed by atoms with van der Waals surface area (Å²) in [4.78, 5) is 1.38. The van der Waals surface area contributed by atoms with Gasteiger partial charge in [0.15, 0.2) is 0 Å². The Labute approximate surface area is 103 Å². The molecular formula is C13H23NOS. The quantitative estimate of drug-likeness (QED) is 0.783. The Bertz CT molecular complexity index is 294. The van der Waals surface area contributed by atoms with Crippen LogP contribution in [0.1, 0.15) is 44.0 Å². The van der Waals surface area contributed by atoms with Gasteiger partial charge in [0.1, 0.15) is 5.75 Å². The normalized spacial score (nSPS) is 13.1. The Kier molecular flexibility index (Phi) is 5.85. The lowest BCUT2D eigenvalue weighted by Gasteiger charge is -2.20. The van der Waals surface area contributed by atoms with Crippen molar-refractivity contribution in [3.05, 3.63) is 16.3 Å². The number of ether oxygens (including phenoxy) is 1. The molecular weight excluding hydrogens is 218 g/mol. The van der Waals surface area contributed by atoms with Crippen molar-refractivity contribution in [3.8, 4) is 5.75 Å². The Hall–Kier alpha value is -0.540. The molecule has 92 valence electrons. The van der Waals surface area contributed by atoms with Crippen LogP contribution in [0, 0.1) is 5.92 Å². The third-order valence-corrected chi connectivity index (χ3v) is 4.27. The van der Waals surface area contributed by atoms with Gasteiger partial charge in [-0.15, -0.1) is 11.3 Å². The summed E-state index contributed by atoms with van der Waals surface area (Å²) in [6.45, 7) is 4.55. The van der Waals surface area contributed by atoms with Gasteiger partial charge in [0, 0.05) is 16.3 Å². The highest BCUT2D eigenvalue weighted by molar-refractivity contribution is 7.10. The fourth-order valence-corrected chi connectivity index (χ4v) is 2.93. The fourth-order valence-electron chi connectivity index (χ4n) is 1.96. The van der Waals surface area contributed by atoms with Gasteiger partial charge in [0.25, 0.3) is 0 Å². The minimum atomic E-state index is 0.471. The molecule has 0 aliphatic rings. The van der Waals surface area contributed by atoms with Crippen molar-refractivity contribution in [1.82, 2.24) is 5.32 Å². The average molecular weight is 241 g/mol. The van der Waals surface area contributed by atoms with Gasteiger partial charge in [-0.25, -0.2) is 0 Å². The molecule has 0 bridgehead atoms. The van der Waals surface area contributed by atoms with Crippen LogP contribution in [0.25, 0.3) is 0 Å². The molecule has 0 spiro atoms. The molecule has 2 nitrogen and oxygen atoms in total. The monoisotopic (exact) mass is 241 g/mol. The van der Waals surface area contributed by atoms with Crippen LogP contribution in [0.15, 0.2) is 11.4 Å². The third kappa shape index (κ3) is 3.49. The lowest BCUT2D eigenvalue weighted by atomic mass is 9.94. The molecule has 0 saturated carbocycles. The fraction of sp³-hybridized carbons (Fsp3) is 0.692. The van der Waals surface area contributed by atoms with Gasteiger partial charge in [-0.05, 0) is 25.5 Å². The molecule has 1 N–H and O–H groups in total. The van der Waals surface area contributed by atoms with Gasteiger partial charge in [-0.2, -0.15) is 0 Å². The number of hydrogen-bond donors (Lipinski definition) is 1. The first-order valence-electron chi connectivity index (χ1n) is 6.04. The van der Waals surface area contributed by atoms with Crippen molar-refractivity contribution >= 4 is 11.3 Å². The van der Waals surface area contributed by atoms with Crippen molar-refractivity contribution in [2.75, 3.05) is 14.2 Å². The van der Waals surface area contributed by atoms with E-state index in [4.69, 9.17) is 4.74 Å². The lowest BCUT2D eigenvalue weighted by molar-refractivity contribution is 0.386. The lowest BCUT2D eigenvalue weighted by Crippen LogP contribution is -2.18. The van der Waals surface area contributed by atoms with Gasteiger partial charge in [0.2, 0.25) is 0 Å². The second-order valence-electron chi connectivity index (χ2n) is 4.15. The SMILES string of the molecule is CCC(CC)CC(NC)c1cc(OC)cs1. The summed E-state index contributed by atoms with van der Waals surface area (Å²) in [5.74, 6) is 1.79. The number of thiophene rings is 1. The van der Waals surface area contributed by atoms with E-state index < -0.39 is 0 Å². The molecule has 0 aromatic carbocycles. The summed E-state index contributed by atoms with van der Waals surface area (Å²) in [6, 6.07) is 2.62. The van der Waals surface area contributed by atoms with E-state index in [1.54, 1.807) is 18.4 Å². The molecule has 3 heteroatoms. The maximum Gasteiger partial charge on any atom is 0.129 e. The molecule has 0 fully saturated rings. The summed E-state index contributed by atoms with van der Waals surface area (Å²) >= 11 is 1.78. The van der Waals surface area contributed by atoms with E-state index in [9.17, 15) is 0 Å². The van der Waals surface area contributed by atoms with E-state index in [0.717, 1.165) is 11.7 Å². The molecule has 0 radical (unpaired) electrons. The predicted molar refractivity (Wildman–Crippen MR) is 71.4 cm³/mol. The van der Waals surface area contributed by atoms with E-state index in [1.807, 2.05) is 7.05 Å². The van der Waals surface area contributed by atoms with Crippen LogP contribution in [0.4, 0.5) is 0 Å². The van der Waals surface area contributed by atoms with E-state index in [2.05, 4.69) is 30.6 Å². The summed E-state index contributed by atoms with van der Waals surface area (Å²) in [6.07, 6.45) is 3.74. The molecule has 1 aromatic heterocycles. The molecule has 0 saturated heterocycles. The molecule has 16 heavy (non-hydrogen) atoms. The topological polar surface area (TPSA) is 21.3 Å². The van der Waals surface area contributed by atoms with Crippen LogP contribution in [0.2, 0.25) is 0 Å². The number of hydrogen-bond acceptors (Lipinski definition) is 3. The highest BCUT2D eigenvalue weighted by Gasteiger charge is 2.16. The second kappa shape index (κ2) is 6.92. The van der Waals surface area contributed by atoms with Gasteiger partial charge < -0.3 is 10.1 Å². The van der Waals surface area contributed by atoms with E-state index in [0.29, 0.717) is 6.04 Å². The minimum absolute atomic E-state index is 0.471. The van der Waals surface area contributed by atoms with E-state index in [-0.39, 0.29) is 0 Å². The van der Waals surface area contributed by atoms with Crippen LogP contribution in [-0.2, 0) is 0 Å². The first-order chi connectivity index (χ1) is 7.74. The summed E-state index contributed by atoms with van der Waals surface area (Å²) in [5.41, 5.74) is 0. The smallest absolute Gasteiger partial charge is 0.129 e. The first kappa shape index (κ1) is 13.5. The van der Waals surface area contributed by atoms with Crippen LogP contribution in [-0.4, -0.2) is 14.2 Å². The van der Waals surface area contributed by atoms with Gasteiger partial charge in [0.05, 0.1) is 7.11 Å². The molecule has 1 heterocycles. The third-order valence-electron chi connectivity index (χ3n) is 3.25. The van der Waals surface area contributed by atoms with Crippen LogP contribution in [0.5, 0.6) is 5.75 Å². The predicted octanol–water partition coefficient (Wildman–Crippen LogP) is 3.84. The zero-order chi connectivity index (χ0) is 12.0. The highest BCUT2D eigenvalue weighted by Crippen LogP contribution is 2.31. The van der Waals surface area contributed by atoms with Gasteiger partial charge in [-0.3, -0.25) is 0 Å². The number of nitrogens with one attached hydrogen (secondary N) is 1. The Morgan fingerprint density at radius 2 is 2.06 bits per heavy atom. The van der Waals surface area contributed by atoms with Crippen molar-refractivity contribution in [1.29, 1.82) is 0 Å². The molecule has 0 aliphatic heterocycles. The number of rotatable bonds is 7. The summed E-state index contributed by atoms with van der Waals surface area (Å²) < 4.78 is 5.23. The molecule has 0 amide bonds. The first-order valence-corrected chi connectivity index (χ1v) is 6.92. The molecule has 1 unspecified atom stereocenters. The zero-order valence-corrected chi connectivity index (χ0v) is 11.6. The standard InChI is InChI=1S/C13H23NOS/c1-5-10(6-2)7-12(14-3)13-8-11(15-4)9-16-13/h8-10,12,14H,5-7H2,1-4H3. The van der Waals surface area contributed by atoms with Crippen molar-refractivity contribution in [3.63, 3.8) is 0 Å². The van der Waals surface area contributed by atoms with E-state index in [1.165, 1.54) is 24.1 Å². The van der Waals surface area contributed by atoms with Gasteiger partial charge >= 0.3 is 0 Å². The van der Waals surface area contributed by atoms with Crippen molar-refractivity contribution in [2.24, 2.45) is 5.92 Å². The summed E-state index contributed by atoms with van der Waals surface area (Å²) in [5, 5.41) is 5.49. The zero-order valence-electron chi connectivity index (χ0n) is 10.7. The Balaban J connectivity index is 2.66. The second-order valence-corrected chi connectivity index (χ2v) is 5.09. The molecule has 1 rings (SSSR count). The molecule has 1 atom stereocenters. The van der Waals surface area contributed by atoms with Gasteiger partial charge in [-0.1, -0.05) is 26.7 Å². The maximum atomic E-state index is 5.23. The highest BCUT2D eigenvalue weighted by atomic mass is 32.1. The maximum absolute atomic E-state index is 5.23. The van der Waals surface area contributed by atoms with Crippen molar-refractivity contribution < 1.29 is 4.74 Å². The number of methoxy groups -OCH3 is 1. The van der Waals surface area contributed by atoms with Crippen LogP contribution >= 0.6 is 11.3 Å². The minimum Gasteiger partial charge on any atom is -0.496 e. The van der Waals surface area contributed by atoms with E-state index >= 15 is 0 Å². The average Bonchev–Trinajstić information content (AvgIpc) is 2.79. The Morgan fingerprint density at radius 3 is 2.50 bits per heavy atom. The van der Waals surface area contributed by atoms with Crippen LogP contribution in [0.3, 0.4) is 0 Å². The Morgan fingerprint density at radius 1 is 1.38 bits per heavy atom. The molecule has 0 aliphatic carbocycles. The summed E-state index contributed by atoms with van der Waals surface area (Å²) in [7, 11) is 3.76. The van der Waals surface area contributed by atoms with Crippen molar-refractivity contribution in [2.45, 2.75) is 39.2 Å². The van der Waals surface area contributed by atoms with Crippen LogP contribution < -0.4 is 10.1 Å². The largest absolute Gasteiger partial charge is 0.496 e. The molecule has 1 aromatic rings.